The normalized spacial score (nSPS) is 12.5. The van der Waals surface area contributed by atoms with Crippen LogP contribution in [0.2, 0.25) is 0 Å². The molecule has 1 atom stereocenters. The van der Waals surface area contributed by atoms with E-state index in [-0.39, 0.29) is 12.8 Å². The van der Waals surface area contributed by atoms with Crippen LogP contribution in [0.15, 0.2) is 12.2 Å². The molecule has 0 saturated heterocycles. The molecule has 276 valence electrons. The number of allylic oxidation sites excluding steroid dienone is 2. The number of nitrogens with zero attached hydrogens (tertiary/aromatic N) is 1. The molecule has 0 bridgehead atoms. The third-order valence-corrected chi connectivity index (χ3v) is 9.17. The van der Waals surface area contributed by atoms with E-state index < -0.39 is 38.3 Å². The number of hydrogen-bond acceptors (Lipinski definition) is 5. The average Bonchev–Trinajstić information content (AvgIpc) is 3.02. The van der Waals surface area contributed by atoms with Gasteiger partial charge in [-0.25, -0.2) is 9.36 Å². The second-order valence-corrected chi connectivity index (χ2v) is 14.4. The van der Waals surface area contributed by atoms with Gasteiger partial charge in [0.2, 0.25) is 11.8 Å². The number of hydrogen-bond donors (Lipinski definition) is 3. The predicted octanol–water partition coefficient (Wildman–Crippen LogP) is 10.4. The van der Waals surface area contributed by atoms with Gasteiger partial charge in [0, 0.05) is 12.8 Å². The second kappa shape index (κ2) is 31.7. The van der Waals surface area contributed by atoms with Gasteiger partial charge in [0.05, 0.1) is 6.61 Å². The van der Waals surface area contributed by atoms with Crippen molar-refractivity contribution >= 4 is 25.6 Å². The first kappa shape index (κ1) is 45.5. The summed E-state index contributed by atoms with van der Waals surface area (Å²) in [5.41, 5.74) is 0. The molecule has 3 N–H and O–H groups in total. The average molecular weight is 688 g/mol. The summed E-state index contributed by atoms with van der Waals surface area (Å²) < 4.78 is 15.7. The van der Waals surface area contributed by atoms with Crippen molar-refractivity contribution in [2.45, 2.75) is 200 Å². The monoisotopic (exact) mass is 687 g/mol. The third-order valence-electron chi connectivity index (χ3n) is 8.68. The van der Waals surface area contributed by atoms with Gasteiger partial charge in [-0.3, -0.25) is 19.0 Å². The minimum absolute atomic E-state index is 0.00218. The fraction of sp³-hybridized carbons (Fsp3) is 0.865. The highest BCUT2D eigenvalue weighted by Gasteiger charge is 2.36. The molecule has 0 fully saturated rings. The van der Waals surface area contributed by atoms with Gasteiger partial charge < -0.3 is 14.9 Å². The molecule has 0 aromatic carbocycles. The lowest BCUT2D eigenvalue weighted by atomic mass is 10.0. The minimum Gasteiger partial charge on any atom is -0.480 e. The quantitative estimate of drug-likeness (QED) is 0.0345. The van der Waals surface area contributed by atoms with Crippen LogP contribution >= 0.6 is 7.82 Å². The topological polar surface area (TPSA) is 141 Å². The number of carboxylic acid groups (broad SMARTS) is 1. The van der Waals surface area contributed by atoms with E-state index in [1.54, 1.807) is 0 Å². The maximum Gasteiger partial charge on any atom is 0.469 e. The van der Waals surface area contributed by atoms with E-state index in [2.05, 4.69) is 30.5 Å². The summed E-state index contributed by atoms with van der Waals surface area (Å²) in [6.45, 7) is 3.50. The van der Waals surface area contributed by atoms with Crippen molar-refractivity contribution in [1.29, 1.82) is 0 Å². The molecule has 0 aliphatic heterocycles. The molecule has 2 amide bonds. The smallest absolute Gasteiger partial charge is 0.469 e. The Morgan fingerprint density at radius 1 is 0.574 bits per heavy atom. The number of aliphatic carboxylic acids is 1. The van der Waals surface area contributed by atoms with E-state index in [0.717, 1.165) is 64.2 Å². The van der Waals surface area contributed by atoms with E-state index in [1.807, 2.05) is 0 Å². The zero-order valence-corrected chi connectivity index (χ0v) is 30.9. The fourth-order valence-electron chi connectivity index (χ4n) is 5.79. The van der Waals surface area contributed by atoms with Crippen molar-refractivity contribution in [2.24, 2.45) is 0 Å². The fourth-order valence-corrected chi connectivity index (χ4v) is 6.13. The molecule has 0 aromatic heterocycles. The van der Waals surface area contributed by atoms with Crippen molar-refractivity contribution in [3.63, 3.8) is 0 Å². The first-order valence-electron chi connectivity index (χ1n) is 19.1. The number of carbonyl (C=O) groups excluding carboxylic acids is 2. The van der Waals surface area contributed by atoms with Crippen LogP contribution in [0.1, 0.15) is 194 Å². The van der Waals surface area contributed by atoms with Crippen molar-refractivity contribution in [1.82, 2.24) is 4.90 Å². The molecule has 0 heterocycles. The van der Waals surface area contributed by atoms with Crippen LogP contribution in [0.5, 0.6) is 0 Å². The summed E-state index contributed by atoms with van der Waals surface area (Å²) in [5, 5.41) is 9.74. The minimum atomic E-state index is -4.98. The molecule has 0 saturated carbocycles. The van der Waals surface area contributed by atoms with Gasteiger partial charge in [0.15, 0.2) is 6.04 Å². The summed E-state index contributed by atoms with van der Waals surface area (Å²) >= 11 is 0. The van der Waals surface area contributed by atoms with Gasteiger partial charge in [-0.15, -0.1) is 0 Å². The Bertz CT molecular complexity index is 859. The Hall–Kier alpha value is -1.54. The molecule has 10 heteroatoms. The van der Waals surface area contributed by atoms with Crippen LogP contribution < -0.4 is 0 Å². The third kappa shape index (κ3) is 29.1. The number of carboxylic acids is 1. The molecule has 0 aliphatic rings. The number of rotatable bonds is 34. The van der Waals surface area contributed by atoms with Crippen molar-refractivity contribution in [3.05, 3.63) is 12.2 Å². The first-order valence-corrected chi connectivity index (χ1v) is 20.6. The molecule has 47 heavy (non-hydrogen) atoms. The summed E-state index contributed by atoms with van der Waals surface area (Å²) in [6, 6.07) is -1.78. The molecule has 0 aromatic rings. The number of unbranched alkanes of at least 4 members (excludes halogenated alkanes) is 23. The van der Waals surface area contributed by atoms with Crippen molar-refractivity contribution in [3.8, 4) is 0 Å². The van der Waals surface area contributed by atoms with Gasteiger partial charge in [-0.2, -0.15) is 0 Å². The summed E-state index contributed by atoms with van der Waals surface area (Å²) in [6.07, 6.45) is 33.7. The molecule has 9 nitrogen and oxygen atoms in total. The zero-order chi connectivity index (χ0) is 35.0. The summed E-state index contributed by atoms with van der Waals surface area (Å²) in [4.78, 5) is 57.1. The summed E-state index contributed by atoms with van der Waals surface area (Å²) in [7, 11) is -4.98. The molecular formula is C37H70NO8P. The Kier molecular flexibility index (Phi) is 30.7. The Balaban J connectivity index is 4.50. The molecule has 0 aliphatic carbocycles. The lowest BCUT2D eigenvalue weighted by Gasteiger charge is -2.27. The maximum absolute atomic E-state index is 13.1. The summed E-state index contributed by atoms with van der Waals surface area (Å²) in [5.74, 6) is -2.80. The first-order chi connectivity index (χ1) is 22.6. The van der Waals surface area contributed by atoms with Crippen LogP contribution in [-0.4, -0.2) is 50.2 Å². The van der Waals surface area contributed by atoms with Crippen LogP contribution in [0.25, 0.3) is 0 Å². The van der Waals surface area contributed by atoms with Crippen LogP contribution in [-0.2, 0) is 23.5 Å². The molecule has 0 rings (SSSR count). The predicted molar refractivity (Wildman–Crippen MR) is 191 cm³/mol. The van der Waals surface area contributed by atoms with Gasteiger partial charge in [0.1, 0.15) is 0 Å². The zero-order valence-electron chi connectivity index (χ0n) is 30.0. The Morgan fingerprint density at radius 3 is 1.21 bits per heavy atom. The molecule has 0 unspecified atom stereocenters. The lowest BCUT2D eigenvalue weighted by Crippen LogP contribution is -2.50. The van der Waals surface area contributed by atoms with Gasteiger partial charge >= 0.3 is 13.8 Å². The SMILES string of the molecule is CCCCCCCC/C=C\CCCCCCCC(=O)N(C(=O)CCCCCCCCCCCCCCC)[C@@H](COP(=O)(O)O)C(=O)O. The number of phosphoric acid groups is 1. The van der Waals surface area contributed by atoms with Crippen LogP contribution in [0, 0.1) is 0 Å². The van der Waals surface area contributed by atoms with E-state index >= 15 is 0 Å². The van der Waals surface area contributed by atoms with Crippen LogP contribution in [0.3, 0.4) is 0 Å². The lowest BCUT2D eigenvalue weighted by molar-refractivity contribution is -0.159. The van der Waals surface area contributed by atoms with Crippen LogP contribution in [0.4, 0.5) is 0 Å². The van der Waals surface area contributed by atoms with Gasteiger partial charge in [-0.1, -0.05) is 154 Å². The molecule has 0 radical (unpaired) electrons. The Labute approximate surface area is 286 Å². The second-order valence-electron chi connectivity index (χ2n) is 13.1. The van der Waals surface area contributed by atoms with Gasteiger partial charge in [-0.05, 0) is 38.5 Å². The van der Waals surface area contributed by atoms with E-state index in [1.165, 1.54) is 89.9 Å². The highest BCUT2D eigenvalue weighted by Crippen LogP contribution is 2.36. The standard InChI is InChI=1S/C37H70NO8P/c1-3-5-7-9-11-13-15-17-18-20-22-24-26-28-30-32-36(40)38(34(37(41)42)33-46-47(43,44)45)35(39)31-29-27-25-23-21-19-16-14-12-10-8-6-4-2/h17-18,34H,3-16,19-33H2,1-2H3,(H,41,42)(H2,43,44,45)/b18-17-/t34-/m0/s1. The van der Waals surface area contributed by atoms with E-state index in [4.69, 9.17) is 9.79 Å². The molecule has 0 spiro atoms. The highest BCUT2D eigenvalue weighted by atomic mass is 31.2. The van der Waals surface area contributed by atoms with Gasteiger partial charge in [0.25, 0.3) is 0 Å². The highest BCUT2D eigenvalue weighted by molar-refractivity contribution is 7.46. The van der Waals surface area contributed by atoms with Crippen molar-refractivity contribution in [2.75, 3.05) is 6.61 Å². The number of amides is 2. The van der Waals surface area contributed by atoms with Crippen molar-refractivity contribution < 1.29 is 38.4 Å². The number of phosphoric ester groups is 1. The van der Waals surface area contributed by atoms with E-state index in [9.17, 15) is 24.1 Å². The van der Waals surface area contributed by atoms with E-state index in [0.29, 0.717) is 17.7 Å². The largest absolute Gasteiger partial charge is 0.480 e. The Morgan fingerprint density at radius 2 is 0.894 bits per heavy atom. The number of carbonyl (C=O) groups is 3. The number of imide groups is 1. The maximum atomic E-state index is 13.1. The molecular weight excluding hydrogens is 617 g/mol.